The van der Waals surface area contributed by atoms with Crippen LogP contribution in [-0.2, 0) is 28.8 Å². The van der Waals surface area contributed by atoms with Crippen molar-refractivity contribution in [1.82, 2.24) is 9.97 Å². The number of fused-ring (bicyclic) bond motifs is 1. The summed E-state index contributed by atoms with van der Waals surface area (Å²) in [5, 5.41) is 3.59. The Kier molecular flexibility index (Phi) is 7.52. The third kappa shape index (κ3) is 4.83. The molecule has 0 radical (unpaired) electrons. The molecule has 168 valence electrons. The number of methoxy groups -OCH3 is 1. The van der Waals surface area contributed by atoms with E-state index in [9.17, 15) is 4.79 Å². The molecule has 2 aromatic rings. The molecule has 6 nitrogen and oxygen atoms in total. The number of esters is 1. The Morgan fingerprint density at radius 3 is 2.42 bits per heavy atom. The van der Waals surface area contributed by atoms with Crippen LogP contribution in [0, 0.1) is 0 Å². The number of nitrogens with zero attached hydrogens (tertiary/aromatic N) is 2. The summed E-state index contributed by atoms with van der Waals surface area (Å²) in [4.78, 5) is 21.5. The van der Waals surface area contributed by atoms with Gasteiger partial charge in [0.2, 0.25) is 0 Å². The van der Waals surface area contributed by atoms with Gasteiger partial charge >= 0.3 is 5.97 Å². The molecule has 0 fully saturated rings. The van der Waals surface area contributed by atoms with E-state index in [0.717, 1.165) is 78.3 Å². The first-order chi connectivity index (χ1) is 14.9. The highest BCUT2D eigenvalue weighted by Gasteiger charge is 2.28. The average molecular weight is 426 g/mol. The van der Waals surface area contributed by atoms with Gasteiger partial charge in [-0.15, -0.1) is 0 Å². The maximum absolute atomic E-state index is 11.5. The average Bonchev–Trinajstić information content (AvgIpc) is 3.16. The molecular formula is C25H35N3O3. The quantitative estimate of drug-likeness (QED) is 0.540. The number of anilines is 1. The van der Waals surface area contributed by atoms with Crippen LogP contribution in [-0.4, -0.2) is 29.1 Å². The van der Waals surface area contributed by atoms with Crippen molar-refractivity contribution in [2.75, 3.05) is 12.4 Å². The zero-order valence-electron chi connectivity index (χ0n) is 19.7. The van der Waals surface area contributed by atoms with Gasteiger partial charge in [-0.3, -0.25) is 4.79 Å². The molecule has 6 heteroatoms. The van der Waals surface area contributed by atoms with Gasteiger partial charge in [0.1, 0.15) is 17.7 Å². The van der Waals surface area contributed by atoms with Crippen LogP contribution in [0.5, 0.6) is 5.75 Å². The van der Waals surface area contributed by atoms with E-state index in [1.165, 1.54) is 12.5 Å². The first-order valence-corrected chi connectivity index (χ1v) is 11.5. The molecule has 1 unspecified atom stereocenters. The fourth-order valence-corrected chi connectivity index (χ4v) is 4.29. The summed E-state index contributed by atoms with van der Waals surface area (Å²) in [6, 6.07) is 4.55. The Labute approximate surface area is 185 Å². The number of rotatable bonds is 9. The Bertz CT molecular complexity index is 938. The summed E-state index contributed by atoms with van der Waals surface area (Å²) >= 11 is 0. The van der Waals surface area contributed by atoms with E-state index in [-0.39, 0.29) is 12.1 Å². The lowest BCUT2D eigenvalue weighted by Crippen LogP contribution is -2.20. The number of aryl methyl sites for hydroxylation is 3. The van der Waals surface area contributed by atoms with Crippen molar-refractivity contribution >= 4 is 11.8 Å². The SMILES string of the molecule is CCc1nc(-c2cc3c(cc2OC)C(OC(C)=O)CC3)c(CC)nc1NC(CC)CC. The third-order valence-corrected chi connectivity index (χ3v) is 6.08. The molecule has 1 heterocycles. The van der Waals surface area contributed by atoms with Gasteiger partial charge < -0.3 is 14.8 Å². The van der Waals surface area contributed by atoms with Crippen molar-refractivity contribution in [2.24, 2.45) is 0 Å². The first kappa shape index (κ1) is 23.0. The molecule has 0 bridgehead atoms. The summed E-state index contributed by atoms with van der Waals surface area (Å²) < 4.78 is 11.3. The molecule has 1 aromatic heterocycles. The molecule has 31 heavy (non-hydrogen) atoms. The number of hydrogen-bond acceptors (Lipinski definition) is 6. The molecule has 1 aliphatic rings. The van der Waals surface area contributed by atoms with Gasteiger partial charge in [0, 0.05) is 18.5 Å². The second-order valence-electron chi connectivity index (χ2n) is 8.07. The number of benzene rings is 1. The summed E-state index contributed by atoms with van der Waals surface area (Å²) in [5.74, 6) is 1.38. The van der Waals surface area contributed by atoms with Crippen LogP contribution in [0.25, 0.3) is 11.3 Å². The number of carbonyl (C=O) groups is 1. The van der Waals surface area contributed by atoms with Crippen molar-refractivity contribution in [1.29, 1.82) is 0 Å². The van der Waals surface area contributed by atoms with E-state index in [1.807, 2.05) is 6.07 Å². The minimum atomic E-state index is -0.256. The number of aromatic nitrogens is 2. The Hall–Kier alpha value is -2.63. The van der Waals surface area contributed by atoms with Crippen LogP contribution in [0.4, 0.5) is 5.82 Å². The van der Waals surface area contributed by atoms with Gasteiger partial charge in [-0.05, 0) is 61.8 Å². The van der Waals surface area contributed by atoms with Gasteiger partial charge in [0.25, 0.3) is 0 Å². The fourth-order valence-electron chi connectivity index (χ4n) is 4.29. The van der Waals surface area contributed by atoms with Crippen molar-refractivity contribution < 1.29 is 14.3 Å². The monoisotopic (exact) mass is 425 g/mol. The van der Waals surface area contributed by atoms with Crippen LogP contribution in [0.2, 0.25) is 0 Å². The number of hydrogen-bond donors (Lipinski definition) is 1. The first-order valence-electron chi connectivity index (χ1n) is 11.5. The summed E-state index contributed by atoms with van der Waals surface area (Å²) in [6.45, 7) is 10.1. The predicted octanol–water partition coefficient (Wildman–Crippen LogP) is 5.43. The second kappa shape index (κ2) is 10.1. The third-order valence-electron chi connectivity index (χ3n) is 6.08. The second-order valence-corrected chi connectivity index (χ2v) is 8.07. The van der Waals surface area contributed by atoms with Gasteiger partial charge in [-0.25, -0.2) is 9.97 Å². The molecule has 0 spiro atoms. The largest absolute Gasteiger partial charge is 0.496 e. The molecule has 0 amide bonds. The standard InChI is InChI=1S/C25H35N3O3/c1-7-17(8-2)26-25-21(10-4)27-24(20(9-3)28-25)19-13-16-11-12-22(31-15(5)29)18(16)14-23(19)30-6/h13-14,17,22H,7-12H2,1-6H3,(H,26,28). The van der Waals surface area contributed by atoms with Crippen LogP contribution in [0.15, 0.2) is 12.1 Å². The van der Waals surface area contributed by atoms with Crippen molar-refractivity contribution in [3.63, 3.8) is 0 Å². The van der Waals surface area contributed by atoms with Gasteiger partial charge in [-0.2, -0.15) is 0 Å². The van der Waals surface area contributed by atoms with Crippen molar-refractivity contribution in [3.8, 4) is 17.0 Å². The van der Waals surface area contributed by atoms with Crippen molar-refractivity contribution in [3.05, 3.63) is 34.6 Å². The van der Waals surface area contributed by atoms with Gasteiger partial charge in [-0.1, -0.05) is 27.7 Å². The normalized spacial score (nSPS) is 15.1. The number of nitrogens with one attached hydrogen (secondary N) is 1. The van der Waals surface area contributed by atoms with Gasteiger partial charge in [0.05, 0.1) is 24.2 Å². The van der Waals surface area contributed by atoms with Crippen LogP contribution in [0.1, 0.15) is 82.5 Å². The number of carbonyl (C=O) groups excluding carboxylic acids is 1. The Morgan fingerprint density at radius 1 is 1.13 bits per heavy atom. The van der Waals surface area contributed by atoms with Crippen LogP contribution in [0.3, 0.4) is 0 Å². The zero-order valence-corrected chi connectivity index (χ0v) is 19.7. The molecule has 1 aromatic carbocycles. The van der Waals surface area contributed by atoms with E-state index >= 15 is 0 Å². The summed E-state index contributed by atoms with van der Waals surface area (Å²) in [5.41, 5.74) is 5.98. The van der Waals surface area contributed by atoms with E-state index < -0.39 is 0 Å². The highest BCUT2D eigenvalue weighted by molar-refractivity contribution is 5.73. The minimum Gasteiger partial charge on any atom is -0.496 e. The van der Waals surface area contributed by atoms with E-state index in [0.29, 0.717) is 6.04 Å². The molecule has 3 rings (SSSR count). The van der Waals surface area contributed by atoms with E-state index in [4.69, 9.17) is 19.4 Å². The Morgan fingerprint density at radius 2 is 1.84 bits per heavy atom. The van der Waals surface area contributed by atoms with E-state index in [2.05, 4.69) is 39.1 Å². The summed E-state index contributed by atoms with van der Waals surface area (Å²) in [6.07, 6.45) is 5.14. The minimum absolute atomic E-state index is 0.204. The molecule has 1 N–H and O–H groups in total. The smallest absolute Gasteiger partial charge is 0.303 e. The fraction of sp³-hybridized carbons (Fsp3) is 0.560. The lowest BCUT2D eigenvalue weighted by Gasteiger charge is -2.21. The summed E-state index contributed by atoms with van der Waals surface area (Å²) in [7, 11) is 1.67. The molecular weight excluding hydrogens is 390 g/mol. The van der Waals surface area contributed by atoms with Crippen LogP contribution < -0.4 is 10.1 Å². The lowest BCUT2D eigenvalue weighted by atomic mass is 10.00. The highest BCUT2D eigenvalue weighted by atomic mass is 16.5. The topological polar surface area (TPSA) is 73.3 Å². The maximum atomic E-state index is 11.5. The lowest BCUT2D eigenvalue weighted by molar-refractivity contribution is -0.146. The van der Waals surface area contributed by atoms with E-state index in [1.54, 1.807) is 7.11 Å². The maximum Gasteiger partial charge on any atom is 0.303 e. The van der Waals surface area contributed by atoms with Gasteiger partial charge in [0.15, 0.2) is 0 Å². The molecule has 0 saturated carbocycles. The Balaban J connectivity index is 2.08. The highest BCUT2D eigenvalue weighted by Crippen LogP contribution is 2.42. The van der Waals surface area contributed by atoms with Crippen molar-refractivity contribution in [2.45, 2.75) is 85.3 Å². The van der Waals surface area contributed by atoms with Crippen LogP contribution >= 0.6 is 0 Å². The predicted molar refractivity (Wildman–Crippen MR) is 124 cm³/mol. The number of ether oxygens (including phenoxy) is 2. The molecule has 1 aliphatic carbocycles. The molecule has 0 saturated heterocycles. The molecule has 0 aliphatic heterocycles. The molecule has 1 atom stereocenters. The zero-order chi connectivity index (χ0) is 22.5.